The number of likely N-dealkylation sites (N-methyl/N-ethyl adjacent to an activating group) is 2. The van der Waals surface area contributed by atoms with Crippen molar-refractivity contribution < 1.29 is 23.1 Å². The number of aliphatic carboxylic acids is 1. The number of rotatable bonds is 7. The van der Waals surface area contributed by atoms with E-state index >= 15 is 0 Å². The van der Waals surface area contributed by atoms with Crippen molar-refractivity contribution in [2.45, 2.75) is 13.3 Å². The van der Waals surface area contributed by atoms with Gasteiger partial charge in [-0.15, -0.1) is 0 Å². The smallest absolute Gasteiger partial charge is 0.304 e. The lowest BCUT2D eigenvalue weighted by molar-refractivity contribution is -0.136. The number of carboxylic acid groups (broad SMARTS) is 1. The lowest BCUT2D eigenvalue weighted by Crippen LogP contribution is -2.41. The Kier molecular flexibility index (Phi) is 6.11. The summed E-state index contributed by atoms with van der Waals surface area (Å²) in [6, 6.07) is 0. The van der Waals surface area contributed by atoms with Gasteiger partial charge in [-0.3, -0.25) is 9.59 Å². The van der Waals surface area contributed by atoms with Gasteiger partial charge in [0.15, 0.2) is 0 Å². The normalized spacial score (nSPS) is 11.5. The predicted octanol–water partition coefficient (Wildman–Crippen LogP) is -0.799. The molecule has 0 aliphatic carbocycles. The molecule has 8 heteroatoms. The van der Waals surface area contributed by atoms with Gasteiger partial charge in [-0.2, -0.15) is 4.31 Å². The Morgan fingerprint density at radius 1 is 1.24 bits per heavy atom. The number of carbonyl (C=O) groups is 2. The van der Waals surface area contributed by atoms with E-state index in [-0.39, 0.29) is 19.0 Å². The van der Waals surface area contributed by atoms with Crippen LogP contribution in [0.25, 0.3) is 0 Å². The fourth-order valence-corrected chi connectivity index (χ4v) is 2.44. The number of carboxylic acids is 1. The molecule has 0 unspecified atom stereocenters. The highest BCUT2D eigenvalue weighted by Crippen LogP contribution is 2.04. The van der Waals surface area contributed by atoms with Crippen LogP contribution in [-0.2, 0) is 19.6 Å². The molecule has 0 aliphatic rings. The zero-order valence-corrected chi connectivity index (χ0v) is 11.0. The Morgan fingerprint density at radius 2 is 1.76 bits per heavy atom. The quantitative estimate of drug-likeness (QED) is 0.651. The molecule has 0 heterocycles. The molecule has 0 rings (SSSR count). The monoisotopic (exact) mass is 266 g/mol. The maximum atomic E-state index is 11.7. The fourth-order valence-electron chi connectivity index (χ4n) is 1.04. The summed E-state index contributed by atoms with van der Waals surface area (Å²) in [5.41, 5.74) is 0. The van der Waals surface area contributed by atoms with Gasteiger partial charge in [0.05, 0.1) is 18.7 Å². The molecule has 0 saturated carbocycles. The Labute approximate surface area is 101 Å². The zero-order chi connectivity index (χ0) is 13.6. The molecule has 0 saturated heterocycles. The minimum Gasteiger partial charge on any atom is -0.481 e. The van der Waals surface area contributed by atoms with Crippen molar-refractivity contribution in [3.8, 4) is 0 Å². The SMILES string of the molecule is CCN(CC(=O)N(C)C)S(=O)(=O)CCC(=O)O. The Morgan fingerprint density at radius 3 is 2.12 bits per heavy atom. The van der Waals surface area contributed by atoms with Crippen LogP contribution >= 0.6 is 0 Å². The van der Waals surface area contributed by atoms with Crippen LogP contribution in [0.5, 0.6) is 0 Å². The molecule has 0 atom stereocenters. The molecule has 0 radical (unpaired) electrons. The van der Waals surface area contributed by atoms with E-state index in [9.17, 15) is 18.0 Å². The van der Waals surface area contributed by atoms with Gasteiger partial charge < -0.3 is 10.0 Å². The van der Waals surface area contributed by atoms with Crippen molar-refractivity contribution in [3.63, 3.8) is 0 Å². The van der Waals surface area contributed by atoms with Crippen LogP contribution in [0.15, 0.2) is 0 Å². The first-order valence-electron chi connectivity index (χ1n) is 5.10. The summed E-state index contributed by atoms with van der Waals surface area (Å²) in [5.74, 6) is -2.01. The van der Waals surface area contributed by atoms with Gasteiger partial charge in [0.1, 0.15) is 0 Å². The Hall–Kier alpha value is -1.15. The minimum absolute atomic E-state index is 0.140. The van der Waals surface area contributed by atoms with Gasteiger partial charge in [-0.1, -0.05) is 6.92 Å². The average molecular weight is 266 g/mol. The number of nitrogens with zero attached hydrogens (tertiary/aromatic N) is 2. The van der Waals surface area contributed by atoms with E-state index in [1.54, 1.807) is 6.92 Å². The molecule has 0 aromatic heterocycles. The molecule has 0 aromatic rings. The van der Waals surface area contributed by atoms with Crippen molar-refractivity contribution in [1.82, 2.24) is 9.21 Å². The molecule has 17 heavy (non-hydrogen) atoms. The molecule has 0 aliphatic heterocycles. The topological polar surface area (TPSA) is 95.0 Å². The summed E-state index contributed by atoms with van der Waals surface area (Å²) < 4.78 is 24.4. The van der Waals surface area contributed by atoms with E-state index < -0.39 is 28.2 Å². The highest BCUT2D eigenvalue weighted by atomic mass is 32.2. The lowest BCUT2D eigenvalue weighted by atomic mass is 10.5. The van der Waals surface area contributed by atoms with E-state index in [1.807, 2.05) is 0 Å². The van der Waals surface area contributed by atoms with Crippen LogP contribution in [0.2, 0.25) is 0 Å². The number of amides is 1. The van der Waals surface area contributed by atoms with Gasteiger partial charge in [0.25, 0.3) is 0 Å². The van der Waals surface area contributed by atoms with Crippen LogP contribution in [0.4, 0.5) is 0 Å². The van der Waals surface area contributed by atoms with E-state index in [0.29, 0.717) is 0 Å². The molecule has 7 nitrogen and oxygen atoms in total. The molecule has 0 aromatic carbocycles. The second kappa shape index (κ2) is 6.55. The van der Waals surface area contributed by atoms with Crippen molar-refractivity contribution in [2.24, 2.45) is 0 Å². The molecule has 0 fully saturated rings. The summed E-state index contributed by atoms with van der Waals surface area (Å²) in [4.78, 5) is 23.0. The lowest BCUT2D eigenvalue weighted by Gasteiger charge is -2.21. The molecule has 1 amide bonds. The standard InChI is InChI=1S/C9H18N2O5S/c1-4-11(7-8(12)10(2)3)17(15,16)6-5-9(13)14/h4-7H2,1-3H3,(H,13,14). The molecular weight excluding hydrogens is 248 g/mol. The highest BCUT2D eigenvalue weighted by Gasteiger charge is 2.24. The van der Waals surface area contributed by atoms with Crippen LogP contribution in [-0.4, -0.2) is 67.5 Å². The van der Waals surface area contributed by atoms with E-state index in [2.05, 4.69) is 0 Å². The first-order valence-corrected chi connectivity index (χ1v) is 6.71. The molecular formula is C9H18N2O5S. The third kappa shape index (κ3) is 5.64. The first-order chi connectivity index (χ1) is 7.70. The van der Waals surface area contributed by atoms with Gasteiger partial charge in [0, 0.05) is 20.6 Å². The highest BCUT2D eigenvalue weighted by molar-refractivity contribution is 7.89. The maximum absolute atomic E-state index is 11.7. The van der Waals surface area contributed by atoms with Gasteiger partial charge in [-0.05, 0) is 0 Å². The summed E-state index contributed by atoms with van der Waals surface area (Å²) in [6.45, 7) is 1.48. The van der Waals surface area contributed by atoms with E-state index in [0.717, 1.165) is 4.31 Å². The van der Waals surface area contributed by atoms with Crippen LogP contribution < -0.4 is 0 Å². The van der Waals surface area contributed by atoms with Crippen molar-refractivity contribution >= 4 is 21.9 Å². The van der Waals surface area contributed by atoms with Crippen LogP contribution in [0.3, 0.4) is 0 Å². The first kappa shape index (κ1) is 15.9. The molecule has 100 valence electrons. The van der Waals surface area contributed by atoms with Crippen LogP contribution in [0, 0.1) is 0 Å². The summed E-state index contributed by atoms with van der Waals surface area (Å²) in [6.07, 6.45) is -0.463. The molecule has 0 spiro atoms. The maximum Gasteiger partial charge on any atom is 0.304 e. The van der Waals surface area contributed by atoms with Crippen molar-refractivity contribution in [2.75, 3.05) is 32.9 Å². The fraction of sp³-hybridized carbons (Fsp3) is 0.778. The zero-order valence-electron chi connectivity index (χ0n) is 10.2. The predicted molar refractivity (Wildman–Crippen MR) is 62.0 cm³/mol. The van der Waals surface area contributed by atoms with E-state index in [4.69, 9.17) is 5.11 Å². The largest absolute Gasteiger partial charge is 0.481 e. The summed E-state index contributed by atoms with van der Waals surface area (Å²) in [7, 11) is -0.635. The minimum atomic E-state index is -3.69. The Bertz CT molecular complexity index is 377. The second-order valence-corrected chi connectivity index (χ2v) is 5.76. The van der Waals surface area contributed by atoms with E-state index in [1.165, 1.54) is 19.0 Å². The number of hydrogen-bond acceptors (Lipinski definition) is 4. The summed E-state index contributed by atoms with van der Waals surface area (Å²) >= 11 is 0. The van der Waals surface area contributed by atoms with Crippen molar-refractivity contribution in [3.05, 3.63) is 0 Å². The third-order valence-corrected chi connectivity index (χ3v) is 4.02. The van der Waals surface area contributed by atoms with Gasteiger partial charge in [0.2, 0.25) is 15.9 Å². The van der Waals surface area contributed by atoms with Crippen molar-refractivity contribution in [1.29, 1.82) is 0 Å². The second-order valence-electron chi connectivity index (χ2n) is 3.67. The van der Waals surface area contributed by atoms with Gasteiger partial charge >= 0.3 is 5.97 Å². The Balaban J connectivity index is 4.64. The summed E-state index contributed by atoms with van der Waals surface area (Å²) in [5, 5.41) is 8.44. The average Bonchev–Trinajstić information content (AvgIpc) is 2.22. The number of hydrogen-bond donors (Lipinski definition) is 1. The molecule has 1 N–H and O–H groups in total. The van der Waals surface area contributed by atoms with Crippen LogP contribution in [0.1, 0.15) is 13.3 Å². The number of carbonyl (C=O) groups excluding carboxylic acids is 1. The number of sulfonamides is 1. The molecule has 0 bridgehead atoms. The third-order valence-electron chi connectivity index (χ3n) is 2.13. The van der Waals surface area contributed by atoms with Gasteiger partial charge in [-0.25, -0.2) is 8.42 Å².